The summed E-state index contributed by atoms with van der Waals surface area (Å²) in [6.45, 7) is 4.02. The minimum Gasteiger partial charge on any atom is -0.338 e. The maximum Gasteiger partial charge on any atom is 0.267 e. The molecule has 0 saturated heterocycles. The lowest BCUT2D eigenvalue weighted by Crippen LogP contribution is -2.22. The zero-order valence-corrected chi connectivity index (χ0v) is 17.1. The first kappa shape index (κ1) is 19.3. The van der Waals surface area contributed by atoms with Crippen LogP contribution in [-0.2, 0) is 12.2 Å². The van der Waals surface area contributed by atoms with E-state index >= 15 is 0 Å². The molecule has 0 aliphatic carbocycles. The Bertz CT molecular complexity index is 1200. The summed E-state index contributed by atoms with van der Waals surface area (Å²) in [7, 11) is 0. The van der Waals surface area contributed by atoms with Gasteiger partial charge in [-0.25, -0.2) is 14.5 Å². The van der Waals surface area contributed by atoms with Crippen LogP contribution in [0.4, 0.5) is 0 Å². The Morgan fingerprint density at radius 2 is 1.93 bits per heavy atom. The molecule has 0 aliphatic rings. The molecule has 7 nitrogen and oxygen atoms in total. The van der Waals surface area contributed by atoms with E-state index in [4.69, 9.17) is 9.51 Å². The number of aryl methyl sites for hydroxylation is 2. The molecular weight excluding hydrogens is 386 g/mol. The monoisotopic (exact) mass is 407 g/mol. The second-order valence-corrected chi connectivity index (χ2v) is 7.63. The molecule has 0 amide bonds. The molecule has 0 unspecified atom stereocenters. The zero-order chi connectivity index (χ0) is 20.2. The number of hydrogen-bond donors (Lipinski definition) is 0. The highest BCUT2D eigenvalue weighted by atomic mass is 32.2. The number of thioether (sulfide) groups is 1. The summed E-state index contributed by atoms with van der Waals surface area (Å²) in [5.41, 5.74) is 1.33. The second-order valence-electron chi connectivity index (χ2n) is 6.69. The van der Waals surface area contributed by atoms with Crippen molar-refractivity contribution < 1.29 is 4.52 Å². The van der Waals surface area contributed by atoms with E-state index in [0.29, 0.717) is 39.3 Å². The highest BCUT2D eigenvalue weighted by Crippen LogP contribution is 2.23. The van der Waals surface area contributed by atoms with Crippen LogP contribution >= 0.6 is 11.8 Å². The number of para-hydroxylation sites is 1. The van der Waals surface area contributed by atoms with Crippen molar-refractivity contribution in [2.75, 3.05) is 0 Å². The van der Waals surface area contributed by atoms with Gasteiger partial charge in [-0.15, -0.1) is 0 Å². The third kappa shape index (κ3) is 4.22. The van der Waals surface area contributed by atoms with Crippen LogP contribution in [0.25, 0.3) is 16.7 Å². The number of nitrogens with zero attached hydrogens (tertiary/aromatic N) is 5. The quantitative estimate of drug-likeness (QED) is 0.337. The van der Waals surface area contributed by atoms with Crippen LogP contribution in [0.5, 0.6) is 0 Å². The Balaban J connectivity index is 1.71. The highest BCUT2D eigenvalue weighted by molar-refractivity contribution is 7.98. The summed E-state index contributed by atoms with van der Waals surface area (Å²) in [4.78, 5) is 26.9. The molecule has 8 heteroatoms. The van der Waals surface area contributed by atoms with Gasteiger partial charge in [0.05, 0.1) is 16.7 Å². The molecule has 4 rings (SSSR count). The van der Waals surface area contributed by atoms with Gasteiger partial charge in [0.1, 0.15) is 5.82 Å². The van der Waals surface area contributed by atoms with Crippen molar-refractivity contribution in [2.24, 2.45) is 0 Å². The molecule has 0 spiro atoms. The largest absolute Gasteiger partial charge is 0.338 e. The Morgan fingerprint density at radius 1 is 1.07 bits per heavy atom. The van der Waals surface area contributed by atoms with E-state index in [1.807, 2.05) is 43.3 Å². The number of rotatable bonds is 7. The summed E-state index contributed by atoms with van der Waals surface area (Å²) >= 11 is 1.38. The predicted molar refractivity (Wildman–Crippen MR) is 112 cm³/mol. The minimum atomic E-state index is -0.148. The number of fused-ring (bicyclic) bond motifs is 1. The predicted octanol–water partition coefficient (Wildman–Crippen LogP) is 4.11. The van der Waals surface area contributed by atoms with E-state index < -0.39 is 0 Å². The average Bonchev–Trinajstić information content (AvgIpc) is 3.18. The Hall–Kier alpha value is -3.00. The molecule has 0 radical (unpaired) electrons. The van der Waals surface area contributed by atoms with Crippen LogP contribution in [0.15, 0.2) is 56.9 Å². The number of unbranched alkanes of at least 4 members (excludes halogenated alkanes) is 1. The molecule has 3 aromatic heterocycles. The van der Waals surface area contributed by atoms with Gasteiger partial charge in [0.2, 0.25) is 5.89 Å². The maximum atomic E-state index is 13.2. The first-order chi connectivity index (χ1) is 14.2. The smallest absolute Gasteiger partial charge is 0.267 e. The number of pyridine rings is 1. The summed E-state index contributed by atoms with van der Waals surface area (Å²) in [6.07, 6.45) is 2.91. The molecule has 1 aromatic carbocycles. The molecule has 0 N–H and O–H groups in total. The lowest BCUT2D eigenvalue weighted by Gasteiger charge is -2.12. The van der Waals surface area contributed by atoms with Crippen molar-refractivity contribution in [3.05, 3.63) is 70.2 Å². The van der Waals surface area contributed by atoms with Gasteiger partial charge in [-0.2, -0.15) is 4.98 Å². The fourth-order valence-corrected chi connectivity index (χ4v) is 3.81. The molecule has 0 aliphatic heterocycles. The van der Waals surface area contributed by atoms with Gasteiger partial charge in [0.25, 0.3) is 5.56 Å². The second kappa shape index (κ2) is 8.57. The fraction of sp³-hybridized carbons (Fsp3) is 0.286. The third-order valence-electron chi connectivity index (χ3n) is 4.44. The third-order valence-corrected chi connectivity index (χ3v) is 5.36. The van der Waals surface area contributed by atoms with Crippen molar-refractivity contribution >= 4 is 22.7 Å². The van der Waals surface area contributed by atoms with Crippen LogP contribution < -0.4 is 5.56 Å². The molecule has 4 aromatic rings. The van der Waals surface area contributed by atoms with E-state index in [2.05, 4.69) is 22.0 Å². The molecule has 148 valence electrons. The summed E-state index contributed by atoms with van der Waals surface area (Å²) in [5.74, 6) is 2.21. The van der Waals surface area contributed by atoms with Crippen LogP contribution in [0.1, 0.15) is 37.2 Å². The minimum absolute atomic E-state index is 0.148. The van der Waals surface area contributed by atoms with Crippen molar-refractivity contribution in [2.45, 2.75) is 44.0 Å². The lowest BCUT2D eigenvalue weighted by atomic mass is 10.2. The average molecular weight is 407 g/mol. The first-order valence-electron chi connectivity index (χ1n) is 9.56. The molecule has 0 atom stereocenters. The van der Waals surface area contributed by atoms with E-state index in [9.17, 15) is 4.79 Å². The molecule has 0 bridgehead atoms. The van der Waals surface area contributed by atoms with Gasteiger partial charge >= 0.3 is 0 Å². The number of aromatic nitrogens is 5. The van der Waals surface area contributed by atoms with Crippen molar-refractivity contribution in [1.29, 1.82) is 0 Å². The van der Waals surface area contributed by atoms with E-state index in [0.717, 1.165) is 25.0 Å². The van der Waals surface area contributed by atoms with Crippen LogP contribution in [0.2, 0.25) is 0 Å². The van der Waals surface area contributed by atoms with E-state index in [-0.39, 0.29) is 5.56 Å². The van der Waals surface area contributed by atoms with E-state index in [1.54, 1.807) is 10.6 Å². The molecule has 0 saturated carbocycles. The Labute approximate surface area is 172 Å². The highest BCUT2D eigenvalue weighted by Gasteiger charge is 2.16. The lowest BCUT2D eigenvalue weighted by molar-refractivity contribution is 0.384. The molecule has 29 heavy (non-hydrogen) atoms. The van der Waals surface area contributed by atoms with Crippen molar-refractivity contribution in [3.8, 4) is 5.82 Å². The summed E-state index contributed by atoms with van der Waals surface area (Å²) < 4.78 is 6.90. The number of benzene rings is 1. The topological polar surface area (TPSA) is 86.7 Å². The van der Waals surface area contributed by atoms with Crippen molar-refractivity contribution in [1.82, 2.24) is 24.7 Å². The standard InChI is InChI=1S/C21H21N5O2S/c1-3-4-11-17-24-19(28-25-17)13-29-21-23-16-10-6-5-9-15(16)20(27)26(21)18-12-7-8-14(2)22-18/h5-10,12H,3-4,11,13H2,1-2H3. The summed E-state index contributed by atoms with van der Waals surface area (Å²) in [6, 6.07) is 12.9. The Morgan fingerprint density at radius 3 is 2.76 bits per heavy atom. The summed E-state index contributed by atoms with van der Waals surface area (Å²) in [5, 5.41) is 5.12. The normalized spacial score (nSPS) is 11.2. The van der Waals surface area contributed by atoms with Crippen LogP contribution in [-0.4, -0.2) is 24.7 Å². The maximum absolute atomic E-state index is 13.2. The van der Waals surface area contributed by atoms with Gasteiger partial charge in [0.15, 0.2) is 11.0 Å². The molecule has 3 heterocycles. The Kier molecular flexibility index (Phi) is 5.71. The van der Waals surface area contributed by atoms with Gasteiger partial charge in [-0.1, -0.05) is 48.5 Å². The van der Waals surface area contributed by atoms with Crippen molar-refractivity contribution in [3.63, 3.8) is 0 Å². The fourth-order valence-electron chi connectivity index (χ4n) is 2.98. The first-order valence-corrected chi connectivity index (χ1v) is 10.5. The van der Waals surface area contributed by atoms with E-state index in [1.165, 1.54) is 11.8 Å². The number of hydrogen-bond acceptors (Lipinski definition) is 7. The van der Waals surface area contributed by atoms with Gasteiger partial charge < -0.3 is 4.52 Å². The van der Waals surface area contributed by atoms with Gasteiger partial charge in [0, 0.05) is 12.1 Å². The molecular formula is C21H21N5O2S. The van der Waals surface area contributed by atoms with Gasteiger partial charge in [-0.3, -0.25) is 4.79 Å². The van der Waals surface area contributed by atoms with Crippen LogP contribution in [0.3, 0.4) is 0 Å². The zero-order valence-electron chi connectivity index (χ0n) is 16.3. The SMILES string of the molecule is CCCCc1noc(CSc2nc3ccccc3c(=O)n2-c2cccc(C)n2)n1. The van der Waals surface area contributed by atoms with Crippen LogP contribution in [0, 0.1) is 6.92 Å². The molecule has 0 fully saturated rings. The van der Waals surface area contributed by atoms with Gasteiger partial charge in [-0.05, 0) is 37.6 Å².